The number of nitrogens with zero attached hydrogens (tertiary/aromatic N) is 1. The molecule has 0 fully saturated rings. The predicted molar refractivity (Wildman–Crippen MR) is 62.9 cm³/mol. The van der Waals surface area contributed by atoms with Gasteiger partial charge in [-0.15, -0.1) is 0 Å². The third-order valence-electron chi connectivity index (χ3n) is 2.03. The molecule has 0 bridgehead atoms. The van der Waals surface area contributed by atoms with Crippen molar-refractivity contribution in [1.82, 2.24) is 4.98 Å². The second-order valence-electron chi connectivity index (χ2n) is 3.39. The van der Waals surface area contributed by atoms with Crippen LogP contribution in [0.1, 0.15) is 17.2 Å². The summed E-state index contributed by atoms with van der Waals surface area (Å²) in [7, 11) is 0. The van der Waals surface area contributed by atoms with Gasteiger partial charge in [0, 0.05) is 12.1 Å². The quantitative estimate of drug-likeness (QED) is 0.769. The molecule has 0 radical (unpaired) electrons. The fraction of sp³-hybridized carbons (Fsp3) is 0.0769. The molecule has 0 saturated carbocycles. The molecule has 3 nitrogen and oxygen atoms in total. The Labute approximate surface area is 93.1 Å². The van der Waals surface area contributed by atoms with E-state index in [0.29, 0.717) is 11.7 Å². The van der Waals surface area contributed by atoms with Crippen LogP contribution < -0.4 is 5.56 Å². The first-order chi connectivity index (χ1) is 7.74. The lowest BCUT2D eigenvalue weighted by atomic mass is 10.2. The summed E-state index contributed by atoms with van der Waals surface area (Å²) in [5, 5.41) is 0. The summed E-state index contributed by atoms with van der Waals surface area (Å²) in [4.78, 5) is 14.9. The molecule has 80 valence electrons. The van der Waals surface area contributed by atoms with Crippen LogP contribution in [0.2, 0.25) is 0 Å². The highest BCUT2D eigenvalue weighted by atomic mass is 16.3. The van der Waals surface area contributed by atoms with Gasteiger partial charge in [0.05, 0.1) is 0 Å². The largest absolute Gasteiger partial charge is 0.443 e. The molecule has 1 heterocycles. The minimum atomic E-state index is -0.281. The van der Waals surface area contributed by atoms with Crippen molar-refractivity contribution in [2.45, 2.75) is 6.92 Å². The minimum absolute atomic E-state index is 0.281. The van der Waals surface area contributed by atoms with E-state index in [-0.39, 0.29) is 5.56 Å². The number of benzene rings is 1. The van der Waals surface area contributed by atoms with E-state index in [1.807, 2.05) is 36.4 Å². The van der Waals surface area contributed by atoms with Gasteiger partial charge < -0.3 is 4.42 Å². The van der Waals surface area contributed by atoms with Gasteiger partial charge >= 0.3 is 0 Å². The first-order valence-corrected chi connectivity index (χ1v) is 4.96. The Bertz CT molecular complexity index is 556. The Morgan fingerprint density at radius 3 is 2.62 bits per heavy atom. The standard InChI is InChI=1S/C13H11NO2/c1-10-9-12(15)14-13(16-10)8-7-11-5-3-2-4-6-11/h2-9H,1H3/b8-7+. The van der Waals surface area contributed by atoms with Crippen LogP contribution in [0.3, 0.4) is 0 Å². The van der Waals surface area contributed by atoms with E-state index in [1.54, 1.807) is 13.0 Å². The van der Waals surface area contributed by atoms with E-state index in [0.717, 1.165) is 5.56 Å². The Morgan fingerprint density at radius 2 is 1.94 bits per heavy atom. The molecular weight excluding hydrogens is 202 g/mol. The van der Waals surface area contributed by atoms with Gasteiger partial charge in [-0.25, -0.2) is 0 Å². The number of aromatic nitrogens is 1. The molecule has 0 aliphatic heterocycles. The molecule has 0 spiro atoms. The van der Waals surface area contributed by atoms with Crippen LogP contribution in [0.4, 0.5) is 0 Å². The molecule has 16 heavy (non-hydrogen) atoms. The molecule has 0 unspecified atom stereocenters. The Balaban J connectivity index is 2.27. The number of hydrogen-bond donors (Lipinski definition) is 0. The maximum atomic E-state index is 11.1. The van der Waals surface area contributed by atoms with Crippen molar-refractivity contribution in [2.75, 3.05) is 0 Å². The summed E-state index contributed by atoms with van der Waals surface area (Å²) in [6.45, 7) is 1.73. The summed E-state index contributed by atoms with van der Waals surface area (Å²) in [6.07, 6.45) is 3.54. The Hall–Kier alpha value is -2.16. The molecule has 0 saturated heterocycles. The fourth-order valence-corrected chi connectivity index (χ4v) is 1.33. The molecule has 0 amide bonds. The normalized spacial score (nSPS) is 10.8. The third kappa shape index (κ3) is 2.67. The molecule has 1 aromatic heterocycles. The van der Waals surface area contributed by atoms with Crippen molar-refractivity contribution < 1.29 is 4.42 Å². The first-order valence-electron chi connectivity index (χ1n) is 4.96. The van der Waals surface area contributed by atoms with Crippen LogP contribution in [-0.2, 0) is 0 Å². The van der Waals surface area contributed by atoms with Gasteiger partial charge in [-0.3, -0.25) is 4.79 Å². The predicted octanol–water partition coefficient (Wildman–Crippen LogP) is 2.51. The summed E-state index contributed by atoms with van der Waals surface area (Å²) >= 11 is 0. The zero-order valence-electron chi connectivity index (χ0n) is 8.88. The summed E-state index contributed by atoms with van der Waals surface area (Å²) in [6, 6.07) is 11.1. The summed E-state index contributed by atoms with van der Waals surface area (Å²) in [5.41, 5.74) is 0.755. The second kappa shape index (κ2) is 4.57. The maximum absolute atomic E-state index is 11.1. The second-order valence-corrected chi connectivity index (χ2v) is 3.39. The van der Waals surface area contributed by atoms with Crippen molar-refractivity contribution in [3.8, 4) is 0 Å². The van der Waals surface area contributed by atoms with E-state index in [9.17, 15) is 4.79 Å². The van der Waals surface area contributed by atoms with Gasteiger partial charge in [0.1, 0.15) is 5.76 Å². The lowest BCUT2D eigenvalue weighted by Crippen LogP contribution is -2.05. The lowest BCUT2D eigenvalue weighted by Gasteiger charge is -1.94. The Kier molecular flexibility index (Phi) is 2.96. The van der Waals surface area contributed by atoms with E-state index in [2.05, 4.69) is 4.98 Å². The van der Waals surface area contributed by atoms with Crippen LogP contribution in [0, 0.1) is 6.92 Å². The van der Waals surface area contributed by atoms with Gasteiger partial charge in [-0.1, -0.05) is 30.3 Å². The summed E-state index contributed by atoms with van der Waals surface area (Å²) in [5.74, 6) is 0.890. The van der Waals surface area contributed by atoms with Crippen molar-refractivity contribution >= 4 is 12.2 Å². The van der Waals surface area contributed by atoms with E-state index in [4.69, 9.17) is 4.42 Å². The summed E-state index contributed by atoms with van der Waals surface area (Å²) < 4.78 is 5.28. The van der Waals surface area contributed by atoms with Crippen molar-refractivity contribution in [3.05, 3.63) is 64.0 Å². The van der Waals surface area contributed by atoms with Crippen LogP contribution in [0.5, 0.6) is 0 Å². The zero-order valence-corrected chi connectivity index (χ0v) is 8.88. The van der Waals surface area contributed by atoms with Crippen LogP contribution in [0.15, 0.2) is 45.6 Å². The molecule has 2 aromatic rings. The van der Waals surface area contributed by atoms with Gasteiger partial charge in [0.25, 0.3) is 5.56 Å². The van der Waals surface area contributed by atoms with E-state index < -0.39 is 0 Å². The van der Waals surface area contributed by atoms with Crippen LogP contribution in [-0.4, -0.2) is 4.98 Å². The first kappa shape index (κ1) is 10.4. The molecule has 0 N–H and O–H groups in total. The van der Waals surface area contributed by atoms with E-state index >= 15 is 0 Å². The molecule has 0 aliphatic carbocycles. The Morgan fingerprint density at radius 1 is 1.19 bits per heavy atom. The topological polar surface area (TPSA) is 43.1 Å². The molecule has 0 aliphatic rings. The van der Waals surface area contributed by atoms with Crippen LogP contribution in [0.25, 0.3) is 12.2 Å². The number of hydrogen-bond acceptors (Lipinski definition) is 3. The average Bonchev–Trinajstić information content (AvgIpc) is 2.27. The number of rotatable bonds is 2. The fourth-order valence-electron chi connectivity index (χ4n) is 1.33. The van der Waals surface area contributed by atoms with Crippen molar-refractivity contribution in [3.63, 3.8) is 0 Å². The van der Waals surface area contributed by atoms with Crippen molar-refractivity contribution in [1.29, 1.82) is 0 Å². The molecule has 1 aromatic carbocycles. The van der Waals surface area contributed by atoms with Gasteiger partial charge in [-0.05, 0) is 18.6 Å². The maximum Gasteiger partial charge on any atom is 0.276 e. The average molecular weight is 213 g/mol. The highest BCUT2D eigenvalue weighted by Gasteiger charge is 1.96. The molecular formula is C13H11NO2. The molecule has 0 atom stereocenters. The highest BCUT2D eigenvalue weighted by Crippen LogP contribution is 2.05. The van der Waals surface area contributed by atoms with Gasteiger partial charge in [0.15, 0.2) is 0 Å². The monoisotopic (exact) mass is 213 g/mol. The third-order valence-corrected chi connectivity index (χ3v) is 2.03. The SMILES string of the molecule is Cc1cc(=O)nc(/C=C/c2ccccc2)o1. The molecule has 3 heteroatoms. The lowest BCUT2D eigenvalue weighted by molar-refractivity contribution is 0.482. The zero-order chi connectivity index (χ0) is 11.4. The van der Waals surface area contributed by atoms with Crippen LogP contribution >= 0.6 is 0 Å². The number of aryl methyl sites for hydroxylation is 1. The minimum Gasteiger partial charge on any atom is -0.443 e. The molecule has 2 rings (SSSR count). The van der Waals surface area contributed by atoms with Gasteiger partial charge in [0.2, 0.25) is 5.89 Å². The highest BCUT2D eigenvalue weighted by molar-refractivity contribution is 5.65. The van der Waals surface area contributed by atoms with Crippen molar-refractivity contribution in [2.24, 2.45) is 0 Å². The smallest absolute Gasteiger partial charge is 0.276 e. The van der Waals surface area contributed by atoms with Gasteiger partial charge in [-0.2, -0.15) is 4.98 Å². The van der Waals surface area contributed by atoms with E-state index in [1.165, 1.54) is 6.07 Å².